The van der Waals surface area contributed by atoms with Crippen molar-refractivity contribution in [1.82, 2.24) is 4.57 Å². The summed E-state index contributed by atoms with van der Waals surface area (Å²) < 4.78 is 3.40. The molecule has 0 saturated carbocycles. The fourth-order valence-electron chi connectivity index (χ4n) is 2.11. The lowest BCUT2D eigenvalue weighted by Gasteiger charge is -2.02. The Hall–Kier alpha value is -0.800. The fourth-order valence-corrected chi connectivity index (χ4v) is 2.46. The minimum Gasteiger partial charge on any atom is -0.347 e. The summed E-state index contributed by atoms with van der Waals surface area (Å²) in [6, 6.07) is 6.64. The summed E-state index contributed by atoms with van der Waals surface area (Å²) in [6.45, 7) is 5.20. The van der Waals surface area contributed by atoms with Gasteiger partial charge in [-0.05, 0) is 38.0 Å². The molecule has 0 fully saturated rings. The summed E-state index contributed by atoms with van der Waals surface area (Å²) in [5.41, 5.74) is 8.51. The van der Waals surface area contributed by atoms with Crippen LogP contribution in [-0.4, -0.2) is 10.6 Å². The lowest BCUT2D eigenvalue weighted by molar-refractivity contribution is 0.731. The highest BCUT2D eigenvalue weighted by atomic mass is 79.9. The van der Waals surface area contributed by atoms with E-state index in [0.29, 0.717) is 0 Å². The van der Waals surface area contributed by atoms with E-state index < -0.39 is 0 Å². The molecular formula is C13H17BrN2. The van der Waals surface area contributed by atoms with Gasteiger partial charge in [0.05, 0.1) is 0 Å². The minimum absolute atomic E-state index is 0.208. The molecule has 0 amide bonds. The number of rotatable bonds is 3. The average Bonchev–Trinajstić information content (AvgIpc) is 2.55. The zero-order valence-electron chi connectivity index (χ0n) is 9.70. The van der Waals surface area contributed by atoms with Crippen LogP contribution >= 0.6 is 15.9 Å². The summed E-state index contributed by atoms with van der Waals surface area (Å²) >= 11 is 3.52. The highest BCUT2D eigenvalue weighted by Crippen LogP contribution is 2.25. The van der Waals surface area contributed by atoms with E-state index >= 15 is 0 Å². The van der Waals surface area contributed by atoms with Gasteiger partial charge in [-0.15, -0.1) is 0 Å². The molecule has 0 aliphatic carbocycles. The molecule has 2 rings (SSSR count). The summed E-state index contributed by atoms with van der Waals surface area (Å²) in [6.07, 6.45) is 3.16. The molecule has 3 heteroatoms. The van der Waals surface area contributed by atoms with Gasteiger partial charge >= 0.3 is 0 Å². The van der Waals surface area contributed by atoms with Crippen molar-refractivity contribution < 1.29 is 0 Å². The van der Waals surface area contributed by atoms with Crippen LogP contribution in [0, 0.1) is 0 Å². The number of aromatic nitrogens is 1. The normalized spacial score (nSPS) is 13.2. The molecule has 16 heavy (non-hydrogen) atoms. The quantitative estimate of drug-likeness (QED) is 0.919. The van der Waals surface area contributed by atoms with Crippen LogP contribution in [0.5, 0.6) is 0 Å². The van der Waals surface area contributed by atoms with Crippen molar-refractivity contribution in [2.24, 2.45) is 5.73 Å². The third kappa shape index (κ3) is 2.15. The number of fused-ring (bicyclic) bond motifs is 1. The number of hydrogen-bond acceptors (Lipinski definition) is 1. The molecule has 0 aliphatic heterocycles. The average molecular weight is 281 g/mol. The van der Waals surface area contributed by atoms with E-state index in [4.69, 9.17) is 5.73 Å². The lowest BCUT2D eigenvalue weighted by atomic mass is 10.1. The predicted molar refractivity (Wildman–Crippen MR) is 72.7 cm³/mol. The minimum atomic E-state index is 0.208. The molecule has 2 aromatic rings. The van der Waals surface area contributed by atoms with Crippen LogP contribution in [0.4, 0.5) is 0 Å². The molecule has 1 aromatic carbocycles. The molecule has 0 aliphatic rings. The van der Waals surface area contributed by atoms with E-state index in [2.05, 4.69) is 51.8 Å². The second-order valence-electron chi connectivity index (χ2n) is 4.28. The topological polar surface area (TPSA) is 30.9 Å². The fraction of sp³-hybridized carbons (Fsp3) is 0.385. The van der Waals surface area contributed by atoms with Crippen molar-refractivity contribution in [1.29, 1.82) is 0 Å². The van der Waals surface area contributed by atoms with Crippen LogP contribution in [0.15, 0.2) is 28.9 Å². The van der Waals surface area contributed by atoms with Crippen molar-refractivity contribution in [3.05, 3.63) is 34.4 Å². The van der Waals surface area contributed by atoms with Crippen LogP contribution in [-0.2, 0) is 13.0 Å². The Bertz CT molecular complexity index is 500. The maximum absolute atomic E-state index is 5.88. The second-order valence-corrected chi connectivity index (χ2v) is 5.20. The molecule has 0 bridgehead atoms. The van der Waals surface area contributed by atoms with E-state index in [-0.39, 0.29) is 6.04 Å². The van der Waals surface area contributed by atoms with Crippen LogP contribution in [0.25, 0.3) is 10.9 Å². The summed E-state index contributed by atoms with van der Waals surface area (Å²) in [5, 5.41) is 1.32. The Morgan fingerprint density at radius 2 is 2.19 bits per heavy atom. The first kappa shape index (κ1) is 11.7. The second kappa shape index (κ2) is 4.60. The molecule has 2 N–H and O–H groups in total. The number of nitrogens with zero attached hydrogens (tertiary/aromatic N) is 1. The van der Waals surface area contributed by atoms with Crippen molar-refractivity contribution in [3.8, 4) is 0 Å². The van der Waals surface area contributed by atoms with E-state index in [1.165, 1.54) is 16.5 Å². The smallest absolute Gasteiger partial charge is 0.0494 e. The Labute approximate surface area is 105 Å². The van der Waals surface area contributed by atoms with Gasteiger partial charge in [0.1, 0.15) is 0 Å². The predicted octanol–water partition coefficient (Wildman–Crippen LogP) is 3.31. The maximum Gasteiger partial charge on any atom is 0.0494 e. The molecule has 1 unspecified atom stereocenters. The molecular weight excluding hydrogens is 264 g/mol. The number of nitrogens with two attached hydrogens (primary N) is 1. The Kier molecular flexibility index (Phi) is 3.36. The van der Waals surface area contributed by atoms with Gasteiger partial charge in [0, 0.05) is 34.2 Å². The summed E-state index contributed by atoms with van der Waals surface area (Å²) in [5.74, 6) is 0. The van der Waals surface area contributed by atoms with Crippen molar-refractivity contribution in [2.45, 2.75) is 32.9 Å². The third-order valence-electron chi connectivity index (χ3n) is 2.81. The number of benzene rings is 1. The zero-order valence-corrected chi connectivity index (χ0v) is 11.3. The van der Waals surface area contributed by atoms with Crippen LogP contribution < -0.4 is 5.73 Å². The molecule has 0 saturated heterocycles. The van der Waals surface area contributed by atoms with Crippen LogP contribution in [0.3, 0.4) is 0 Å². The Balaban J connectivity index is 2.58. The Morgan fingerprint density at radius 3 is 2.81 bits per heavy atom. The van der Waals surface area contributed by atoms with Crippen LogP contribution in [0.2, 0.25) is 0 Å². The Morgan fingerprint density at radius 1 is 1.44 bits per heavy atom. The molecule has 1 aromatic heterocycles. The van der Waals surface area contributed by atoms with Gasteiger partial charge in [-0.25, -0.2) is 0 Å². The first-order chi connectivity index (χ1) is 7.61. The summed E-state index contributed by atoms with van der Waals surface area (Å²) in [7, 11) is 0. The largest absolute Gasteiger partial charge is 0.347 e. The number of aryl methyl sites for hydroxylation is 1. The van der Waals surface area contributed by atoms with Crippen molar-refractivity contribution in [3.63, 3.8) is 0 Å². The van der Waals surface area contributed by atoms with E-state index in [1.807, 2.05) is 6.92 Å². The van der Waals surface area contributed by atoms with E-state index in [1.54, 1.807) is 0 Å². The number of hydrogen-bond donors (Lipinski definition) is 1. The van der Waals surface area contributed by atoms with Crippen molar-refractivity contribution >= 4 is 26.8 Å². The van der Waals surface area contributed by atoms with Gasteiger partial charge in [0.15, 0.2) is 0 Å². The van der Waals surface area contributed by atoms with Gasteiger partial charge in [0.2, 0.25) is 0 Å². The first-order valence-corrected chi connectivity index (χ1v) is 6.44. The van der Waals surface area contributed by atoms with Gasteiger partial charge in [-0.1, -0.05) is 22.0 Å². The molecule has 1 heterocycles. The third-order valence-corrected chi connectivity index (χ3v) is 3.30. The van der Waals surface area contributed by atoms with E-state index in [0.717, 1.165) is 17.4 Å². The highest BCUT2D eigenvalue weighted by molar-refractivity contribution is 9.10. The lowest BCUT2D eigenvalue weighted by Crippen LogP contribution is -2.17. The number of halogens is 1. The zero-order chi connectivity index (χ0) is 11.7. The van der Waals surface area contributed by atoms with Gasteiger partial charge in [-0.2, -0.15) is 0 Å². The molecule has 1 atom stereocenters. The maximum atomic E-state index is 5.88. The van der Waals surface area contributed by atoms with Gasteiger partial charge < -0.3 is 10.3 Å². The van der Waals surface area contributed by atoms with E-state index in [9.17, 15) is 0 Å². The molecule has 0 spiro atoms. The first-order valence-electron chi connectivity index (χ1n) is 5.64. The monoisotopic (exact) mass is 280 g/mol. The van der Waals surface area contributed by atoms with Crippen LogP contribution in [0.1, 0.15) is 19.4 Å². The molecule has 2 nitrogen and oxygen atoms in total. The standard InChI is InChI=1S/C13H17BrN2/c1-3-16-8-10(6-9(2)15)12-5-4-11(14)7-13(12)16/h4-5,7-9H,3,6,15H2,1-2H3. The van der Waals surface area contributed by atoms with Gasteiger partial charge in [0.25, 0.3) is 0 Å². The molecule has 0 radical (unpaired) electrons. The van der Waals surface area contributed by atoms with Gasteiger partial charge in [-0.3, -0.25) is 0 Å². The highest BCUT2D eigenvalue weighted by Gasteiger charge is 2.09. The SMILES string of the molecule is CCn1cc(CC(C)N)c2ccc(Br)cc21. The van der Waals surface area contributed by atoms with Crippen molar-refractivity contribution in [2.75, 3.05) is 0 Å². The summed E-state index contributed by atoms with van der Waals surface area (Å²) in [4.78, 5) is 0. The molecule has 86 valence electrons.